The molecule has 0 N–H and O–H groups in total. The maximum absolute atomic E-state index is 8.30. The average Bonchev–Trinajstić information content (AvgIpc) is 0.686. The zero-order chi connectivity index (χ0) is 89.4. The largest absolute Gasteiger partial charge is 0.458 e. The van der Waals surface area contributed by atoms with Crippen molar-refractivity contribution in [1.29, 1.82) is 0 Å². The molecule has 0 saturated heterocycles. The molecule has 4 heterocycles. The molecule has 0 saturated carbocycles. The summed E-state index contributed by atoms with van der Waals surface area (Å²) in [6.45, 7) is 33.8. The van der Waals surface area contributed by atoms with Crippen molar-refractivity contribution >= 4 is 132 Å². The maximum Gasteiger partial charge on any atom is 0.256 e. The fraction of sp³-hybridized carbons (Fsp3) is 0.164. The third kappa shape index (κ3) is 14.6. The van der Waals surface area contributed by atoms with Crippen LogP contribution in [0.5, 0.6) is 11.5 Å². The second kappa shape index (κ2) is 31.9. The molecule has 17 aromatic rings. The van der Waals surface area contributed by atoms with E-state index in [1.54, 1.807) is 0 Å². The number of nitrogens with zero attached hydrogens (tertiary/aromatic N) is 5. The van der Waals surface area contributed by atoms with Gasteiger partial charge in [0.05, 0.1) is 39.8 Å². The summed E-state index contributed by atoms with van der Waals surface area (Å²) in [6.07, 6.45) is 0. The summed E-state index contributed by atoms with van der Waals surface area (Å²) in [7, 11) is 0. The Kier molecular flexibility index (Phi) is 20.2. The number of para-hydroxylation sites is 9. The van der Waals surface area contributed by atoms with Crippen molar-refractivity contribution in [3.8, 4) is 67.1 Å². The first kappa shape index (κ1) is 82.6. The van der Waals surface area contributed by atoms with E-state index in [-0.39, 0.29) is 40.5 Å². The normalized spacial score (nSPS) is 13.2. The number of hydrogen-bond donors (Lipinski definition) is 0. The number of ether oxygens (including phenoxy) is 1. The second-order valence-corrected chi connectivity index (χ2v) is 40.9. The van der Waals surface area contributed by atoms with Gasteiger partial charge in [0.1, 0.15) is 11.5 Å². The number of hydrogen-bond acceptors (Lipinski definition) is 6. The summed E-state index contributed by atoms with van der Waals surface area (Å²) in [5, 5.41) is 0. The molecule has 634 valence electrons. The van der Waals surface area contributed by atoms with Gasteiger partial charge >= 0.3 is 0 Å². The van der Waals surface area contributed by atoms with E-state index in [2.05, 4.69) is 517 Å². The Morgan fingerprint density at radius 1 is 0.200 bits per heavy atom. The lowest BCUT2D eigenvalue weighted by molar-refractivity contribution is 0.488. The fourth-order valence-corrected chi connectivity index (χ4v) is 20.5. The van der Waals surface area contributed by atoms with Crippen LogP contribution in [0.3, 0.4) is 0 Å². The zero-order valence-corrected chi connectivity index (χ0v) is 77.2. The van der Waals surface area contributed by atoms with Crippen molar-refractivity contribution in [3.05, 3.63) is 416 Å². The Morgan fingerprint density at radius 2 is 0.477 bits per heavy atom. The van der Waals surface area contributed by atoms with Crippen LogP contribution in [-0.4, -0.2) is 13.4 Å². The van der Waals surface area contributed by atoms with Crippen molar-refractivity contribution in [2.24, 2.45) is 0 Å². The lowest BCUT2D eigenvalue weighted by Crippen LogP contribution is -2.64. The highest BCUT2D eigenvalue weighted by atomic mass is 16.5. The molecule has 130 heavy (non-hydrogen) atoms. The molecule has 21 rings (SSSR count). The van der Waals surface area contributed by atoms with E-state index in [1.807, 2.05) is 0 Å². The molecule has 0 bridgehead atoms. The van der Waals surface area contributed by atoms with Crippen LogP contribution in [-0.2, 0) is 27.1 Å². The van der Waals surface area contributed by atoms with Crippen molar-refractivity contribution in [3.63, 3.8) is 0 Å². The molecule has 0 fully saturated rings. The highest BCUT2D eigenvalue weighted by molar-refractivity contribution is 7.02. The van der Waals surface area contributed by atoms with Crippen LogP contribution in [0.1, 0.15) is 132 Å². The summed E-state index contributed by atoms with van der Waals surface area (Å²) in [5.41, 5.74) is 40.1. The van der Waals surface area contributed by atoms with Gasteiger partial charge in [-0.15, -0.1) is 0 Å². The molecule has 17 aromatic carbocycles. The van der Waals surface area contributed by atoms with Gasteiger partial charge in [0.15, 0.2) is 0 Å². The molecule has 0 aromatic heterocycles. The molecule has 0 aliphatic carbocycles. The van der Waals surface area contributed by atoms with Crippen LogP contribution in [0, 0.1) is 0 Å². The van der Waals surface area contributed by atoms with Crippen LogP contribution in [0.15, 0.2) is 388 Å². The lowest BCUT2D eigenvalue weighted by Gasteiger charge is -2.46. The van der Waals surface area contributed by atoms with Gasteiger partial charge in [0, 0.05) is 85.4 Å². The summed E-state index contributed by atoms with van der Waals surface area (Å²) < 4.78 is 8.30. The van der Waals surface area contributed by atoms with Gasteiger partial charge < -0.3 is 29.2 Å². The molecular weight excluding hydrogens is 1570 g/mol. The van der Waals surface area contributed by atoms with Gasteiger partial charge in [-0.2, -0.15) is 0 Å². The second-order valence-electron chi connectivity index (χ2n) is 40.9. The highest BCUT2D eigenvalue weighted by Gasteiger charge is 2.49. The average molecular weight is 1680 g/mol. The number of benzene rings is 17. The van der Waals surface area contributed by atoms with Gasteiger partial charge in [-0.25, -0.2) is 0 Å². The lowest BCUT2D eigenvalue weighted by atomic mass is 9.30. The van der Waals surface area contributed by atoms with E-state index in [0.29, 0.717) is 0 Å². The molecule has 0 spiro atoms. The summed E-state index contributed by atoms with van der Waals surface area (Å²) in [5.74, 6) is 1.57. The smallest absolute Gasteiger partial charge is 0.256 e. The Labute approximate surface area is 769 Å². The van der Waals surface area contributed by atoms with Gasteiger partial charge in [0.25, 0.3) is 13.4 Å². The molecule has 4 aliphatic rings. The SMILES string of the molecule is CC(C)(C)c1ccc(-c2ccccc2N(c2ccccc2)c2cc3c4c(c2)N(c2ccccc2-c2ccc(C(C)(C)C)cc2)c2ccccc2B4c2cc4c(cc2O3)N(c2ccccc2-c2ccc(C(C)(C)C)cc2)c2cc(N(c3ccccc3)c3ccccc3-c3ccc(C(C)(C)C)cc3)cc3c2B4c2ccccc2N3c2ccccc2-c2ccc(C(C)(C)C)cc2)cc1. The third-order valence-corrected chi connectivity index (χ3v) is 27.3. The predicted octanol–water partition coefficient (Wildman–Crippen LogP) is 29.9. The van der Waals surface area contributed by atoms with E-state index in [9.17, 15) is 0 Å². The van der Waals surface area contributed by atoms with Crippen molar-refractivity contribution in [1.82, 2.24) is 0 Å². The minimum absolute atomic E-state index is 0.0257. The van der Waals surface area contributed by atoms with Crippen molar-refractivity contribution in [2.75, 3.05) is 24.5 Å². The number of fused-ring (bicyclic) bond motifs is 8. The standard InChI is InChI=1S/C122H109B2N5O/c1-118(2,3)85-64-54-80(55-65-85)94-40-22-29-47-103(94)125(90-36-18-16-19-37-90)92-74-111-116-112(75-92)129(107-51-33-26-44-98(107)84-62-72-89(73-63-84)122(13,14)15)110-79-114-102(78-101(110)123(116)99-45-27-34-52-108(99)127(111)105-49-31-24-42-96(105)82-58-68-87(69-59-82)120(7,8)9)124-100-46-28-35-53-109(100)128(106-50-32-25-43-97(106)83-60-70-88(71-61-83)121(10,11)12)113-76-93(77-115(130-114)117(113)124)126(91-38-20-17-21-39-91)104-48-30-23-41-95(104)81-56-66-86(67-57-81)119(4,5)6/h16-79H,1-15H3. The first-order chi connectivity index (χ1) is 62.7. The van der Waals surface area contributed by atoms with E-state index in [1.165, 1.54) is 49.7 Å². The molecule has 0 atom stereocenters. The van der Waals surface area contributed by atoms with Gasteiger partial charge in [-0.1, -0.05) is 395 Å². The molecule has 4 aliphatic heterocycles. The topological polar surface area (TPSA) is 25.4 Å². The van der Waals surface area contributed by atoms with E-state index >= 15 is 0 Å². The third-order valence-electron chi connectivity index (χ3n) is 27.3. The van der Waals surface area contributed by atoms with E-state index in [0.717, 1.165) is 163 Å². The van der Waals surface area contributed by atoms with E-state index < -0.39 is 0 Å². The van der Waals surface area contributed by atoms with Crippen molar-refractivity contribution < 1.29 is 4.74 Å². The molecular formula is C122H109B2N5O. The molecule has 8 heteroatoms. The minimum Gasteiger partial charge on any atom is -0.458 e. The van der Waals surface area contributed by atoms with Crippen LogP contribution in [0.25, 0.3) is 55.6 Å². The highest BCUT2D eigenvalue weighted by Crippen LogP contribution is 2.56. The first-order valence-corrected chi connectivity index (χ1v) is 46.2. The molecule has 6 nitrogen and oxygen atoms in total. The van der Waals surface area contributed by atoms with E-state index in [4.69, 9.17) is 4.74 Å². The molecule has 0 unspecified atom stereocenters. The van der Waals surface area contributed by atoms with Crippen LogP contribution in [0.2, 0.25) is 0 Å². The number of anilines is 15. The van der Waals surface area contributed by atoms with Gasteiger partial charge in [0.2, 0.25) is 0 Å². The van der Waals surface area contributed by atoms with Gasteiger partial charge in [-0.05, 0) is 200 Å². The van der Waals surface area contributed by atoms with Crippen molar-refractivity contribution in [2.45, 2.75) is 131 Å². The minimum atomic E-state index is -0.322. The van der Waals surface area contributed by atoms with Crippen LogP contribution < -0.4 is 62.0 Å². The quantitative estimate of drug-likeness (QED) is 0.101. The summed E-state index contributed by atoms with van der Waals surface area (Å²) in [6, 6.07) is 147. The first-order valence-electron chi connectivity index (χ1n) is 46.2. The Bertz CT molecular complexity index is 7210. The Balaban J connectivity index is 0.861. The van der Waals surface area contributed by atoms with Gasteiger partial charge in [-0.3, -0.25) is 0 Å². The monoisotopic (exact) mass is 1680 g/mol. The number of rotatable bonds is 14. The zero-order valence-electron chi connectivity index (χ0n) is 77.2. The summed E-state index contributed by atoms with van der Waals surface area (Å²) >= 11 is 0. The molecule has 0 amide bonds. The Hall–Kier alpha value is -14.3. The van der Waals surface area contributed by atoms with Crippen LogP contribution in [0.4, 0.5) is 85.3 Å². The Morgan fingerprint density at radius 3 is 0.831 bits per heavy atom. The summed E-state index contributed by atoms with van der Waals surface area (Å²) in [4.78, 5) is 12.8. The predicted molar refractivity (Wildman–Crippen MR) is 556 cm³/mol. The maximum atomic E-state index is 8.30. The fourth-order valence-electron chi connectivity index (χ4n) is 20.5. The van der Waals surface area contributed by atoms with Crippen LogP contribution >= 0.6 is 0 Å². The molecule has 0 radical (unpaired) electrons.